The zero-order chi connectivity index (χ0) is 17.1. The molecule has 0 bridgehead atoms. The van der Waals surface area contributed by atoms with Gasteiger partial charge in [0.1, 0.15) is 0 Å². The van der Waals surface area contributed by atoms with Gasteiger partial charge < -0.3 is 15.1 Å². The fourth-order valence-electron chi connectivity index (χ4n) is 4.06. The van der Waals surface area contributed by atoms with Gasteiger partial charge >= 0.3 is 0 Å². The van der Waals surface area contributed by atoms with E-state index >= 15 is 0 Å². The number of rotatable bonds is 4. The summed E-state index contributed by atoms with van der Waals surface area (Å²) in [5.41, 5.74) is 3.63. The molecule has 25 heavy (non-hydrogen) atoms. The lowest BCUT2D eigenvalue weighted by molar-refractivity contribution is 0.208. The van der Waals surface area contributed by atoms with E-state index in [1.807, 2.05) is 6.07 Å². The lowest BCUT2D eigenvalue weighted by Crippen LogP contribution is -2.43. The second-order valence-corrected chi connectivity index (χ2v) is 7.16. The minimum absolute atomic E-state index is 0.643. The van der Waals surface area contributed by atoms with Crippen molar-refractivity contribution in [3.05, 3.63) is 42.2 Å². The Labute approximate surface area is 150 Å². The largest absolute Gasteiger partial charge is 0.371 e. The number of benzene rings is 1. The van der Waals surface area contributed by atoms with Crippen molar-refractivity contribution in [3.63, 3.8) is 0 Å². The molecule has 4 rings (SSSR count). The van der Waals surface area contributed by atoms with Gasteiger partial charge in [0.15, 0.2) is 0 Å². The highest BCUT2D eigenvalue weighted by molar-refractivity contribution is 5.64. The third kappa shape index (κ3) is 3.76. The van der Waals surface area contributed by atoms with E-state index in [1.54, 1.807) is 12.4 Å². The fourth-order valence-corrected chi connectivity index (χ4v) is 4.06. The molecule has 2 fully saturated rings. The van der Waals surface area contributed by atoms with Gasteiger partial charge in [0.25, 0.3) is 0 Å². The van der Waals surface area contributed by atoms with Crippen LogP contribution >= 0.6 is 0 Å². The summed E-state index contributed by atoms with van der Waals surface area (Å²) < 4.78 is 0. The molecule has 1 N–H and O–H groups in total. The number of piperidine rings is 1. The van der Waals surface area contributed by atoms with Gasteiger partial charge in [-0.25, -0.2) is 9.97 Å². The molecular weight excluding hydrogens is 310 g/mol. The van der Waals surface area contributed by atoms with Crippen LogP contribution in [0, 0.1) is 6.92 Å². The van der Waals surface area contributed by atoms with Crippen molar-refractivity contribution in [3.8, 4) is 0 Å². The van der Waals surface area contributed by atoms with Crippen molar-refractivity contribution in [2.24, 2.45) is 0 Å². The first-order valence-corrected chi connectivity index (χ1v) is 9.43. The molecule has 1 aromatic heterocycles. The summed E-state index contributed by atoms with van der Waals surface area (Å²) in [7, 11) is 0. The van der Waals surface area contributed by atoms with E-state index in [9.17, 15) is 0 Å². The van der Waals surface area contributed by atoms with Gasteiger partial charge in [0, 0.05) is 42.9 Å². The summed E-state index contributed by atoms with van der Waals surface area (Å²) in [5, 5.41) is 3.30. The molecule has 132 valence electrons. The zero-order valence-electron chi connectivity index (χ0n) is 15.0. The van der Waals surface area contributed by atoms with Gasteiger partial charge in [-0.1, -0.05) is 0 Å². The van der Waals surface area contributed by atoms with Crippen LogP contribution in [0.2, 0.25) is 0 Å². The molecule has 3 heterocycles. The number of aryl methyl sites for hydroxylation is 1. The zero-order valence-corrected chi connectivity index (χ0v) is 15.0. The number of hydrogen-bond acceptors (Lipinski definition) is 5. The molecular formula is C20H27N5. The van der Waals surface area contributed by atoms with Gasteiger partial charge in [0.05, 0.1) is 0 Å². The lowest BCUT2D eigenvalue weighted by atomic mass is 10.0. The van der Waals surface area contributed by atoms with Gasteiger partial charge in [0.2, 0.25) is 5.95 Å². The van der Waals surface area contributed by atoms with Crippen LogP contribution in [0.4, 0.5) is 17.3 Å². The first-order valence-electron chi connectivity index (χ1n) is 9.43. The predicted molar refractivity (Wildman–Crippen MR) is 103 cm³/mol. The van der Waals surface area contributed by atoms with Crippen molar-refractivity contribution >= 4 is 17.3 Å². The summed E-state index contributed by atoms with van der Waals surface area (Å²) in [4.78, 5) is 13.7. The van der Waals surface area contributed by atoms with E-state index in [2.05, 4.69) is 50.2 Å². The van der Waals surface area contributed by atoms with Crippen LogP contribution < -0.4 is 10.2 Å². The molecule has 0 atom stereocenters. The monoisotopic (exact) mass is 337 g/mol. The topological polar surface area (TPSA) is 44.3 Å². The molecule has 2 aliphatic heterocycles. The van der Waals surface area contributed by atoms with Crippen LogP contribution in [0.1, 0.15) is 31.2 Å². The van der Waals surface area contributed by atoms with Crippen LogP contribution in [-0.4, -0.2) is 47.1 Å². The van der Waals surface area contributed by atoms with E-state index in [1.165, 1.54) is 50.0 Å². The molecule has 0 spiro atoms. The minimum Gasteiger partial charge on any atom is -0.371 e. The maximum atomic E-state index is 4.24. The molecule has 2 aromatic rings. The normalized spacial score (nSPS) is 19.3. The summed E-state index contributed by atoms with van der Waals surface area (Å²) >= 11 is 0. The van der Waals surface area contributed by atoms with Crippen LogP contribution in [0.15, 0.2) is 36.7 Å². The van der Waals surface area contributed by atoms with E-state index < -0.39 is 0 Å². The molecule has 2 saturated heterocycles. The predicted octanol–water partition coefficient (Wildman–Crippen LogP) is 3.59. The number of anilines is 3. The van der Waals surface area contributed by atoms with Gasteiger partial charge in [-0.15, -0.1) is 0 Å². The number of nitrogens with one attached hydrogen (secondary N) is 1. The van der Waals surface area contributed by atoms with Crippen molar-refractivity contribution in [1.82, 2.24) is 14.9 Å². The van der Waals surface area contributed by atoms with Crippen LogP contribution in [-0.2, 0) is 0 Å². The molecule has 5 heteroatoms. The first-order chi connectivity index (χ1) is 12.3. The Kier molecular flexibility index (Phi) is 4.83. The van der Waals surface area contributed by atoms with E-state index in [4.69, 9.17) is 0 Å². The Balaban J connectivity index is 1.39. The van der Waals surface area contributed by atoms with Gasteiger partial charge in [-0.3, -0.25) is 0 Å². The van der Waals surface area contributed by atoms with Crippen molar-refractivity contribution in [2.75, 3.05) is 36.4 Å². The Morgan fingerprint density at radius 2 is 1.72 bits per heavy atom. The Morgan fingerprint density at radius 1 is 1.00 bits per heavy atom. The Bertz CT molecular complexity index is 688. The quantitative estimate of drug-likeness (QED) is 0.923. The Hall–Kier alpha value is -2.14. The molecule has 5 nitrogen and oxygen atoms in total. The highest BCUT2D eigenvalue weighted by atomic mass is 15.2. The van der Waals surface area contributed by atoms with Crippen LogP contribution in [0.5, 0.6) is 0 Å². The minimum atomic E-state index is 0.643. The second-order valence-electron chi connectivity index (χ2n) is 7.16. The summed E-state index contributed by atoms with van der Waals surface area (Å²) in [6.07, 6.45) is 8.86. The van der Waals surface area contributed by atoms with Crippen molar-refractivity contribution in [2.45, 2.75) is 38.6 Å². The standard InChI is InChI=1S/C20H27N5/c1-16-15-18(5-6-19(16)23-20-21-9-4-10-22-20)25-13-7-17(8-14-25)24-11-2-3-12-24/h4-6,9-10,15,17H,2-3,7-8,11-14H2,1H3,(H,21,22,23). The molecule has 0 aliphatic carbocycles. The maximum absolute atomic E-state index is 4.24. The lowest BCUT2D eigenvalue weighted by Gasteiger charge is -2.38. The smallest absolute Gasteiger partial charge is 0.227 e. The average molecular weight is 337 g/mol. The SMILES string of the molecule is Cc1cc(N2CCC(N3CCCC3)CC2)ccc1Nc1ncccn1. The van der Waals surface area contributed by atoms with Crippen LogP contribution in [0.3, 0.4) is 0 Å². The summed E-state index contributed by atoms with van der Waals surface area (Å²) in [5.74, 6) is 0.643. The number of nitrogens with zero attached hydrogens (tertiary/aromatic N) is 4. The third-order valence-electron chi connectivity index (χ3n) is 5.51. The number of aromatic nitrogens is 2. The maximum Gasteiger partial charge on any atom is 0.227 e. The highest BCUT2D eigenvalue weighted by Crippen LogP contribution is 2.28. The van der Waals surface area contributed by atoms with Gasteiger partial charge in [-0.05, 0) is 75.5 Å². The van der Waals surface area contributed by atoms with E-state index in [0.29, 0.717) is 5.95 Å². The average Bonchev–Trinajstić information content (AvgIpc) is 3.19. The molecule has 1 aromatic carbocycles. The third-order valence-corrected chi connectivity index (χ3v) is 5.51. The molecule has 0 saturated carbocycles. The summed E-state index contributed by atoms with van der Waals surface area (Å²) in [6.45, 7) is 7.09. The van der Waals surface area contributed by atoms with Crippen molar-refractivity contribution in [1.29, 1.82) is 0 Å². The second kappa shape index (κ2) is 7.40. The molecule has 0 amide bonds. The van der Waals surface area contributed by atoms with E-state index in [0.717, 1.165) is 24.8 Å². The summed E-state index contributed by atoms with van der Waals surface area (Å²) in [6, 6.07) is 9.27. The van der Waals surface area contributed by atoms with Gasteiger partial charge in [-0.2, -0.15) is 0 Å². The number of likely N-dealkylation sites (tertiary alicyclic amines) is 1. The molecule has 0 unspecified atom stereocenters. The molecule has 2 aliphatic rings. The van der Waals surface area contributed by atoms with Crippen molar-refractivity contribution < 1.29 is 0 Å². The fraction of sp³-hybridized carbons (Fsp3) is 0.500. The number of hydrogen-bond donors (Lipinski definition) is 1. The Morgan fingerprint density at radius 3 is 2.40 bits per heavy atom. The van der Waals surface area contributed by atoms with Crippen LogP contribution in [0.25, 0.3) is 0 Å². The first kappa shape index (κ1) is 16.3. The highest BCUT2D eigenvalue weighted by Gasteiger charge is 2.26. The van der Waals surface area contributed by atoms with E-state index in [-0.39, 0.29) is 0 Å². The molecule has 0 radical (unpaired) electrons.